The molecule has 6 nitrogen and oxygen atoms in total. The summed E-state index contributed by atoms with van der Waals surface area (Å²) >= 11 is 0. The Morgan fingerprint density at radius 3 is 1.42 bits per heavy atom. The molecule has 0 bridgehead atoms. The van der Waals surface area contributed by atoms with E-state index in [1.54, 1.807) is 14.2 Å². The SMILES string of the molecule is COc1ccccc1C1N=C(C(C)(C)C2=NC(c3ccccc3OC)C(C)(C)O2)OC1(C)C. The van der Waals surface area contributed by atoms with Crippen LogP contribution in [0.4, 0.5) is 0 Å². The number of hydrogen-bond acceptors (Lipinski definition) is 6. The third-order valence-corrected chi connectivity index (χ3v) is 6.47. The summed E-state index contributed by atoms with van der Waals surface area (Å²) in [7, 11) is 3.36. The molecule has 0 aromatic heterocycles. The van der Waals surface area contributed by atoms with Crippen molar-refractivity contribution in [2.45, 2.75) is 64.8 Å². The van der Waals surface area contributed by atoms with Gasteiger partial charge >= 0.3 is 0 Å². The van der Waals surface area contributed by atoms with Crippen molar-refractivity contribution < 1.29 is 18.9 Å². The molecule has 2 aliphatic rings. The van der Waals surface area contributed by atoms with Crippen molar-refractivity contribution in [1.29, 1.82) is 0 Å². The zero-order valence-electron chi connectivity index (χ0n) is 20.8. The first kappa shape index (κ1) is 23.1. The molecule has 2 unspecified atom stereocenters. The minimum Gasteiger partial charge on any atom is -0.496 e. The smallest absolute Gasteiger partial charge is 0.199 e. The topological polar surface area (TPSA) is 61.6 Å². The number of benzene rings is 2. The van der Waals surface area contributed by atoms with Crippen LogP contribution in [-0.4, -0.2) is 37.2 Å². The Balaban J connectivity index is 1.72. The van der Waals surface area contributed by atoms with Gasteiger partial charge < -0.3 is 18.9 Å². The van der Waals surface area contributed by atoms with Crippen molar-refractivity contribution in [3.63, 3.8) is 0 Å². The number of para-hydroxylation sites is 2. The molecular weight excluding hydrogens is 416 g/mol. The molecule has 33 heavy (non-hydrogen) atoms. The molecule has 0 fully saturated rings. The third-order valence-electron chi connectivity index (χ3n) is 6.47. The fourth-order valence-electron chi connectivity index (χ4n) is 4.55. The summed E-state index contributed by atoms with van der Waals surface area (Å²) in [6, 6.07) is 15.5. The lowest BCUT2D eigenvalue weighted by molar-refractivity contribution is 0.0726. The van der Waals surface area contributed by atoms with E-state index < -0.39 is 16.6 Å². The number of ether oxygens (including phenoxy) is 4. The van der Waals surface area contributed by atoms with Crippen molar-refractivity contribution in [2.24, 2.45) is 15.4 Å². The molecule has 2 atom stereocenters. The molecule has 2 aromatic carbocycles. The second-order valence-electron chi connectivity index (χ2n) is 10.2. The van der Waals surface area contributed by atoms with Crippen LogP contribution in [0.15, 0.2) is 58.5 Å². The molecule has 0 N–H and O–H groups in total. The van der Waals surface area contributed by atoms with Gasteiger partial charge in [0.1, 0.15) is 40.2 Å². The Morgan fingerprint density at radius 1 is 0.697 bits per heavy atom. The molecule has 2 heterocycles. The highest BCUT2D eigenvalue weighted by atomic mass is 16.5. The van der Waals surface area contributed by atoms with E-state index in [2.05, 4.69) is 27.7 Å². The molecule has 0 aliphatic carbocycles. The fourth-order valence-corrected chi connectivity index (χ4v) is 4.55. The molecule has 6 heteroatoms. The van der Waals surface area contributed by atoms with Crippen LogP contribution in [0.25, 0.3) is 0 Å². The summed E-state index contributed by atoms with van der Waals surface area (Å²) in [5.74, 6) is 2.82. The Kier molecular flexibility index (Phi) is 5.67. The van der Waals surface area contributed by atoms with Crippen LogP contribution in [0.1, 0.15) is 64.8 Å². The highest BCUT2D eigenvalue weighted by molar-refractivity contribution is 6.06. The van der Waals surface area contributed by atoms with Crippen LogP contribution < -0.4 is 9.47 Å². The van der Waals surface area contributed by atoms with Crippen molar-refractivity contribution in [3.05, 3.63) is 59.7 Å². The summed E-state index contributed by atoms with van der Waals surface area (Å²) in [5, 5.41) is 0. The zero-order chi connectivity index (χ0) is 24.0. The standard InChI is InChI=1S/C27H34N2O4/c1-25(2,23-28-21(26(3,4)32-23)17-13-9-11-15-19(17)30-7)24-29-22(27(5,6)33-24)18-14-10-12-16-20(18)31-8/h9-16,21-22H,1-8H3. The van der Waals surface area contributed by atoms with Gasteiger partial charge in [-0.05, 0) is 53.7 Å². The van der Waals surface area contributed by atoms with Crippen molar-refractivity contribution in [3.8, 4) is 11.5 Å². The first-order valence-electron chi connectivity index (χ1n) is 11.3. The highest BCUT2D eigenvalue weighted by Gasteiger charge is 2.52. The van der Waals surface area contributed by atoms with E-state index in [9.17, 15) is 0 Å². The van der Waals surface area contributed by atoms with Crippen molar-refractivity contribution in [2.75, 3.05) is 14.2 Å². The molecule has 0 radical (unpaired) electrons. The summed E-state index contributed by atoms with van der Waals surface area (Å²) < 4.78 is 24.1. The quantitative estimate of drug-likeness (QED) is 0.547. The number of hydrogen-bond donors (Lipinski definition) is 0. The van der Waals surface area contributed by atoms with E-state index in [0.29, 0.717) is 11.8 Å². The molecule has 0 spiro atoms. The van der Waals surface area contributed by atoms with Gasteiger partial charge in [0.2, 0.25) is 0 Å². The summed E-state index contributed by atoms with van der Waals surface area (Å²) in [4.78, 5) is 10.1. The Hall–Kier alpha value is -3.02. The molecule has 0 saturated heterocycles. The van der Waals surface area contributed by atoms with Crippen LogP contribution >= 0.6 is 0 Å². The highest BCUT2D eigenvalue weighted by Crippen LogP contribution is 2.48. The first-order valence-corrected chi connectivity index (χ1v) is 11.3. The van der Waals surface area contributed by atoms with Gasteiger partial charge in [-0.25, -0.2) is 9.98 Å². The van der Waals surface area contributed by atoms with Gasteiger partial charge in [0.15, 0.2) is 11.8 Å². The summed E-state index contributed by atoms with van der Waals surface area (Å²) in [6.07, 6.45) is 0. The second-order valence-corrected chi connectivity index (χ2v) is 10.2. The molecule has 176 valence electrons. The van der Waals surface area contributed by atoms with Crippen molar-refractivity contribution >= 4 is 11.8 Å². The molecule has 2 aromatic rings. The fraction of sp³-hybridized carbons (Fsp3) is 0.481. The Bertz CT molecular complexity index is 1020. The zero-order valence-corrected chi connectivity index (χ0v) is 20.8. The maximum absolute atomic E-state index is 6.46. The van der Waals surface area contributed by atoms with Gasteiger partial charge in [-0.1, -0.05) is 36.4 Å². The lowest BCUT2D eigenvalue weighted by Gasteiger charge is -2.31. The van der Waals surface area contributed by atoms with Crippen LogP contribution in [0.2, 0.25) is 0 Å². The number of aliphatic imine (C=N–C) groups is 2. The minimum atomic E-state index is -0.651. The second kappa shape index (κ2) is 8.08. The lowest BCUT2D eigenvalue weighted by atomic mass is 9.92. The van der Waals surface area contributed by atoms with Gasteiger partial charge in [0, 0.05) is 11.1 Å². The summed E-state index contributed by atoms with van der Waals surface area (Å²) in [5.41, 5.74) is 0.257. The number of nitrogens with zero attached hydrogens (tertiary/aromatic N) is 2. The maximum Gasteiger partial charge on any atom is 0.199 e. The number of methoxy groups -OCH3 is 2. The van der Waals surface area contributed by atoms with E-state index in [-0.39, 0.29) is 12.1 Å². The first-order chi connectivity index (χ1) is 15.5. The average Bonchev–Trinajstić information content (AvgIpc) is 3.29. The molecule has 0 saturated carbocycles. The van der Waals surface area contributed by atoms with E-state index in [1.807, 2.05) is 62.4 Å². The van der Waals surface area contributed by atoms with Gasteiger partial charge in [0.25, 0.3) is 0 Å². The van der Waals surface area contributed by atoms with Crippen LogP contribution in [0, 0.1) is 5.41 Å². The average molecular weight is 451 g/mol. The van der Waals surface area contributed by atoms with Crippen LogP contribution in [0.5, 0.6) is 11.5 Å². The third kappa shape index (κ3) is 3.96. The molecule has 4 rings (SSSR count). The molecule has 0 amide bonds. The number of rotatable bonds is 6. The van der Waals surface area contributed by atoms with Gasteiger partial charge in [0.05, 0.1) is 14.2 Å². The van der Waals surface area contributed by atoms with Gasteiger partial charge in [-0.15, -0.1) is 0 Å². The monoisotopic (exact) mass is 450 g/mol. The lowest BCUT2D eigenvalue weighted by Crippen LogP contribution is -2.39. The van der Waals surface area contributed by atoms with Crippen molar-refractivity contribution in [1.82, 2.24) is 0 Å². The van der Waals surface area contributed by atoms with E-state index in [4.69, 9.17) is 28.9 Å². The van der Waals surface area contributed by atoms with E-state index in [0.717, 1.165) is 22.6 Å². The predicted molar refractivity (Wildman–Crippen MR) is 130 cm³/mol. The van der Waals surface area contributed by atoms with Crippen LogP contribution in [0.3, 0.4) is 0 Å². The van der Waals surface area contributed by atoms with Crippen LogP contribution in [-0.2, 0) is 9.47 Å². The van der Waals surface area contributed by atoms with E-state index >= 15 is 0 Å². The Labute approximate surface area is 196 Å². The Morgan fingerprint density at radius 2 is 1.06 bits per heavy atom. The minimum absolute atomic E-state index is 0.206. The molecular formula is C27H34N2O4. The largest absolute Gasteiger partial charge is 0.496 e. The normalized spacial score (nSPS) is 23.3. The summed E-state index contributed by atoms with van der Waals surface area (Å²) in [6.45, 7) is 12.3. The van der Waals surface area contributed by atoms with E-state index in [1.165, 1.54) is 0 Å². The maximum atomic E-state index is 6.46. The predicted octanol–water partition coefficient (Wildman–Crippen LogP) is 5.93. The van der Waals surface area contributed by atoms with Gasteiger partial charge in [-0.3, -0.25) is 0 Å². The van der Waals surface area contributed by atoms with Gasteiger partial charge in [-0.2, -0.15) is 0 Å². The molecule has 2 aliphatic heterocycles.